The summed E-state index contributed by atoms with van der Waals surface area (Å²) in [5, 5.41) is 4.88. The van der Waals surface area contributed by atoms with Gasteiger partial charge in [-0.25, -0.2) is 9.18 Å². The summed E-state index contributed by atoms with van der Waals surface area (Å²) in [4.78, 5) is 38.3. The summed E-state index contributed by atoms with van der Waals surface area (Å²) in [5.74, 6) is -1.50. The number of piperazine rings is 1. The fourth-order valence-corrected chi connectivity index (χ4v) is 3.56. The standard InChI is InChI=1S/C17H20FN3O3/c1-11-6-5-7-12(18)14(11)20-16(24)21-10-13(22)19-15(23)17(21)8-3-2-4-9-17/h5-7H,2-4,8-10H2,1H3,(H,20,24)(H,19,22,23). The van der Waals surface area contributed by atoms with Gasteiger partial charge in [-0.05, 0) is 31.4 Å². The van der Waals surface area contributed by atoms with Crippen LogP contribution >= 0.6 is 0 Å². The van der Waals surface area contributed by atoms with Gasteiger partial charge in [-0.15, -0.1) is 0 Å². The van der Waals surface area contributed by atoms with Crippen molar-refractivity contribution in [2.24, 2.45) is 0 Å². The van der Waals surface area contributed by atoms with Crippen LogP contribution in [0.15, 0.2) is 18.2 Å². The van der Waals surface area contributed by atoms with E-state index < -0.39 is 29.2 Å². The molecule has 4 amide bonds. The van der Waals surface area contributed by atoms with Gasteiger partial charge in [0.15, 0.2) is 0 Å². The van der Waals surface area contributed by atoms with Crippen LogP contribution in [-0.4, -0.2) is 34.8 Å². The van der Waals surface area contributed by atoms with Crippen LogP contribution in [0.5, 0.6) is 0 Å². The van der Waals surface area contributed by atoms with Crippen LogP contribution in [0.1, 0.15) is 37.7 Å². The molecule has 24 heavy (non-hydrogen) atoms. The van der Waals surface area contributed by atoms with Gasteiger partial charge >= 0.3 is 6.03 Å². The Labute approximate surface area is 139 Å². The number of hydrogen-bond acceptors (Lipinski definition) is 3. The number of carbonyl (C=O) groups excluding carboxylic acids is 3. The summed E-state index contributed by atoms with van der Waals surface area (Å²) in [6.07, 6.45) is 3.63. The van der Waals surface area contributed by atoms with Gasteiger partial charge in [0.05, 0.1) is 5.69 Å². The van der Waals surface area contributed by atoms with Crippen molar-refractivity contribution in [2.45, 2.75) is 44.6 Å². The molecule has 0 aromatic heterocycles. The molecular formula is C17H20FN3O3. The predicted molar refractivity (Wildman–Crippen MR) is 85.8 cm³/mol. The average molecular weight is 333 g/mol. The van der Waals surface area contributed by atoms with Gasteiger partial charge in [0.2, 0.25) is 5.91 Å². The van der Waals surface area contributed by atoms with Crippen LogP contribution in [0, 0.1) is 12.7 Å². The first kappa shape index (κ1) is 16.4. The van der Waals surface area contributed by atoms with Crippen molar-refractivity contribution in [3.05, 3.63) is 29.6 Å². The summed E-state index contributed by atoms with van der Waals surface area (Å²) < 4.78 is 14.0. The van der Waals surface area contributed by atoms with Crippen molar-refractivity contribution in [1.29, 1.82) is 0 Å². The molecule has 1 aromatic rings. The van der Waals surface area contributed by atoms with Crippen molar-refractivity contribution in [2.75, 3.05) is 11.9 Å². The smallest absolute Gasteiger partial charge is 0.305 e. The van der Waals surface area contributed by atoms with Crippen LogP contribution in [0.3, 0.4) is 0 Å². The third-order valence-electron chi connectivity index (χ3n) is 4.87. The number of para-hydroxylation sites is 1. The first-order valence-electron chi connectivity index (χ1n) is 8.12. The molecule has 2 aliphatic rings. The highest BCUT2D eigenvalue weighted by atomic mass is 19.1. The molecule has 0 bridgehead atoms. The Morgan fingerprint density at radius 3 is 2.62 bits per heavy atom. The fraction of sp³-hybridized carbons (Fsp3) is 0.471. The van der Waals surface area contributed by atoms with Crippen molar-refractivity contribution in [3.8, 4) is 0 Å². The van der Waals surface area contributed by atoms with Crippen LogP contribution in [0.4, 0.5) is 14.9 Å². The molecule has 3 rings (SSSR count). The largest absolute Gasteiger partial charge is 0.323 e. The van der Waals surface area contributed by atoms with Crippen LogP contribution in [-0.2, 0) is 9.59 Å². The maximum atomic E-state index is 14.0. The summed E-state index contributed by atoms with van der Waals surface area (Å²) in [7, 11) is 0. The van der Waals surface area contributed by atoms with Gasteiger partial charge in [0.25, 0.3) is 5.91 Å². The number of halogens is 1. The number of aryl methyl sites for hydroxylation is 1. The zero-order valence-corrected chi connectivity index (χ0v) is 13.5. The second-order valence-electron chi connectivity index (χ2n) is 6.42. The number of nitrogens with zero attached hydrogens (tertiary/aromatic N) is 1. The zero-order valence-electron chi connectivity index (χ0n) is 13.5. The maximum Gasteiger partial charge on any atom is 0.323 e. The Morgan fingerprint density at radius 1 is 1.25 bits per heavy atom. The van der Waals surface area contributed by atoms with Gasteiger partial charge in [0.1, 0.15) is 17.9 Å². The molecular weight excluding hydrogens is 313 g/mol. The quantitative estimate of drug-likeness (QED) is 0.774. The predicted octanol–water partition coefficient (Wildman–Crippen LogP) is 2.33. The molecule has 1 heterocycles. The molecule has 0 atom stereocenters. The first-order chi connectivity index (χ1) is 11.4. The minimum atomic E-state index is -1.02. The molecule has 1 aliphatic heterocycles. The normalized spacial score (nSPS) is 20.0. The molecule has 1 saturated carbocycles. The highest BCUT2D eigenvalue weighted by Gasteiger charge is 2.51. The number of urea groups is 1. The molecule has 0 unspecified atom stereocenters. The zero-order chi connectivity index (χ0) is 17.3. The second-order valence-corrected chi connectivity index (χ2v) is 6.42. The summed E-state index contributed by atoms with van der Waals surface area (Å²) in [6.45, 7) is 1.48. The van der Waals surface area contributed by atoms with Crippen molar-refractivity contribution < 1.29 is 18.8 Å². The highest BCUT2D eigenvalue weighted by Crippen LogP contribution is 2.36. The van der Waals surface area contributed by atoms with E-state index in [4.69, 9.17) is 0 Å². The summed E-state index contributed by atoms with van der Waals surface area (Å²) in [6, 6.07) is 3.88. The molecule has 1 aliphatic carbocycles. The molecule has 1 aromatic carbocycles. The van der Waals surface area contributed by atoms with Gasteiger partial charge in [-0.2, -0.15) is 0 Å². The molecule has 6 nitrogen and oxygen atoms in total. The van der Waals surface area contributed by atoms with E-state index in [9.17, 15) is 18.8 Å². The van der Waals surface area contributed by atoms with Crippen molar-refractivity contribution >= 4 is 23.5 Å². The van der Waals surface area contributed by atoms with E-state index in [1.807, 2.05) is 0 Å². The van der Waals surface area contributed by atoms with Crippen LogP contribution in [0.2, 0.25) is 0 Å². The number of imide groups is 1. The fourth-order valence-electron chi connectivity index (χ4n) is 3.56. The lowest BCUT2D eigenvalue weighted by Crippen LogP contribution is -2.69. The minimum absolute atomic E-state index is 0.0758. The van der Waals surface area contributed by atoms with Crippen LogP contribution in [0.25, 0.3) is 0 Å². The van der Waals surface area contributed by atoms with E-state index in [1.54, 1.807) is 19.1 Å². The van der Waals surface area contributed by atoms with E-state index in [0.717, 1.165) is 19.3 Å². The lowest BCUT2D eigenvalue weighted by atomic mass is 9.78. The topological polar surface area (TPSA) is 78.5 Å². The number of rotatable bonds is 1. The Balaban J connectivity index is 1.90. The van der Waals surface area contributed by atoms with E-state index in [2.05, 4.69) is 10.6 Å². The molecule has 128 valence electrons. The van der Waals surface area contributed by atoms with Gasteiger partial charge in [-0.3, -0.25) is 14.9 Å². The summed E-state index contributed by atoms with van der Waals surface area (Å²) in [5.41, 5.74) is -0.365. The third kappa shape index (κ3) is 2.74. The Hall–Kier alpha value is -2.44. The first-order valence-corrected chi connectivity index (χ1v) is 8.12. The lowest BCUT2D eigenvalue weighted by Gasteiger charge is -2.46. The van der Waals surface area contributed by atoms with Gasteiger partial charge in [-0.1, -0.05) is 31.4 Å². The molecule has 2 fully saturated rings. The maximum absolute atomic E-state index is 14.0. The number of hydrogen-bond donors (Lipinski definition) is 2. The monoisotopic (exact) mass is 333 g/mol. The number of carbonyl (C=O) groups is 3. The van der Waals surface area contributed by atoms with Crippen LogP contribution < -0.4 is 10.6 Å². The minimum Gasteiger partial charge on any atom is -0.305 e. The van der Waals surface area contributed by atoms with E-state index >= 15 is 0 Å². The Kier molecular flexibility index (Phi) is 4.26. The molecule has 0 radical (unpaired) electrons. The van der Waals surface area contributed by atoms with E-state index in [0.29, 0.717) is 18.4 Å². The van der Waals surface area contributed by atoms with Crippen molar-refractivity contribution in [1.82, 2.24) is 10.2 Å². The Morgan fingerprint density at radius 2 is 1.96 bits per heavy atom. The molecule has 2 N–H and O–H groups in total. The lowest BCUT2D eigenvalue weighted by molar-refractivity contribution is -0.146. The van der Waals surface area contributed by atoms with Crippen molar-refractivity contribution in [3.63, 3.8) is 0 Å². The number of nitrogens with one attached hydrogen (secondary N) is 2. The number of benzene rings is 1. The molecule has 1 spiro atoms. The molecule has 7 heteroatoms. The molecule has 1 saturated heterocycles. The Bertz CT molecular complexity index is 678. The van der Waals surface area contributed by atoms with E-state index in [-0.39, 0.29) is 12.2 Å². The number of anilines is 1. The summed E-state index contributed by atoms with van der Waals surface area (Å²) >= 11 is 0. The third-order valence-corrected chi connectivity index (χ3v) is 4.87. The number of amides is 4. The van der Waals surface area contributed by atoms with E-state index in [1.165, 1.54) is 11.0 Å². The van der Waals surface area contributed by atoms with Gasteiger partial charge in [0, 0.05) is 0 Å². The average Bonchev–Trinajstić information content (AvgIpc) is 2.55. The van der Waals surface area contributed by atoms with Gasteiger partial charge < -0.3 is 10.2 Å². The SMILES string of the molecule is Cc1cccc(F)c1NC(=O)N1CC(=O)NC(=O)C12CCCCC2. The highest BCUT2D eigenvalue weighted by molar-refractivity contribution is 6.08. The second kappa shape index (κ2) is 6.22.